The fraction of sp³-hybridized carbons (Fsp3) is 0.429. The van der Waals surface area contributed by atoms with E-state index in [4.69, 9.17) is 9.94 Å². The lowest BCUT2D eigenvalue weighted by Crippen LogP contribution is -2.09. The highest BCUT2D eigenvalue weighted by Crippen LogP contribution is 2.14. The van der Waals surface area contributed by atoms with Gasteiger partial charge < -0.3 is 14.7 Å². The summed E-state index contributed by atoms with van der Waals surface area (Å²) in [5.41, 5.74) is 3.13. The Kier molecular flexibility index (Phi) is 7.09. The Morgan fingerprint density at radius 2 is 1.84 bits per heavy atom. The third-order valence-electron chi connectivity index (χ3n) is 2.60. The second-order valence-corrected chi connectivity index (χ2v) is 4.24. The van der Waals surface area contributed by atoms with Gasteiger partial charge >= 0.3 is 5.97 Å². The average Bonchev–Trinajstić information content (AvgIpc) is 2.42. The van der Waals surface area contributed by atoms with Crippen LogP contribution in [-0.2, 0) is 14.4 Å². The molecular formula is C14H19NO4. The molecule has 0 bridgehead atoms. The van der Waals surface area contributed by atoms with Crippen LogP contribution in [0.1, 0.15) is 38.5 Å². The van der Waals surface area contributed by atoms with Crippen molar-refractivity contribution in [3.63, 3.8) is 0 Å². The molecule has 0 spiro atoms. The highest BCUT2D eigenvalue weighted by Gasteiger charge is 2.03. The fourth-order valence-corrected chi connectivity index (χ4v) is 1.55. The van der Waals surface area contributed by atoms with Gasteiger partial charge in [0.2, 0.25) is 0 Å². The van der Waals surface area contributed by atoms with E-state index in [0.29, 0.717) is 18.5 Å². The fourth-order valence-electron chi connectivity index (χ4n) is 1.55. The average molecular weight is 265 g/mol. The van der Waals surface area contributed by atoms with Gasteiger partial charge in [0, 0.05) is 12.8 Å². The number of nitrogens with one attached hydrogen (secondary N) is 1. The van der Waals surface area contributed by atoms with E-state index in [1.54, 1.807) is 12.1 Å². The Hall–Kier alpha value is -2.04. The van der Waals surface area contributed by atoms with Crippen molar-refractivity contribution in [2.45, 2.75) is 38.5 Å². The van der Waals surface area contributed by atoms with E-state index >= 15 is 0 Å². The third-order valence-corrected chi connectivity index (χ3v) is 2.60. The number of anilines is 1. The number of aldehydes is 1. The molecule has 2 N–H and O–H groups in total. The highest BCUT2D eigenvalue weighted by atomic mass is 16.7. The maximum absolute atomic E-state index is 11.4. The minimum atomic E-state index is -0.316. The van der Waals surface area contributed by atoms with Gasteiger partial charge in [0.1, 0.15) is 12.0 Å². The van der Waals surface area contributed by atoms with Gasteiger partial charge in [0.15, 0.2) is 0 Å². The molecule has 0 radical (unpaired) electrons. The standard InChI is InChI=1S/C14H19NO4/c16-11-5-3-1-2-4-6-14(18)19-15-12-7-9-13(17)10-8-12/h7-11,15,17H,1-6H2. The Balaban J connectivity index is 2.07. The van der Waals surface area contributed by atoms with E-state index in [0.717, 1.165) is 32.0 Å². The highest BCUT2D eigenvalue weighted by molar-refractivity contribution is 5.70. The van der Waals surface area contributed by atoms with E-state index in [1.807, 2.05) is 0 Å². The van der Waals surface area contributed by atoms with Gasteiger partial charge in [-0.25, -0.2) is 10.3 Å². The van der Waals surface area contributed by atoms with Crippen molar-refractivity contribution in [2.75, 3.05) is 5.48 Å². The van der Waals surface area contributed by atoms with Crippen molar-refractivity contribution in [3.8, 4) is 5.75 Å². The number of phenolic OH excluding ortho intramolecular Hbond substituents is 1. The zero-order valence-corrected chi connectivity index (χ0v) is 10.8. The molecule has 104 valence electrons. The van der Waals surface area contributed by atoms with Gasteiger partial charge in [-0.15, -0.1) is 0 Å². The van der Waals surface area contributed by atoms with Crippen LogP contribution in [0.5, 0.6) is 5.75 Å². The molecule has 0 aromatic heterocycles. The predicted molar refractivity (Wildman–Crippen MR) is 71.6 cm³/mol. The van der Waals surface area contributed by atoms with Gasteiger partial charge in [-0.1, -0.05) is 12.8 Å². The van der Waals surface area contributed by atoms with Crippen LogP contribution < -0.4 is 5.48 Å². The monoisotopic (exact) mass is 265 g/mol. The summed E-state index contributed by atoms with van der Waals surface area (Å²) >= 11 is 0. The molecule has 0 atom stereocenters. The topological polar surface area (TPSA) is 75.6 Å². The molecule has 0 aliphatic rings. The Morgan fingerprint density at radius 1 is 1.16 bits per heavy atom. The summed E-state index contributed by atoms with van der Waals surface area (Å²) < 4.78 is 0. The van der Waals surface area contributed by atoms with Crippen LogP contribution in [0, 0.1) is 0 Å². The summed E-state index contributed by atoms with van der Waals surface area (Å²) in [4.78, 5) is 26.3. The van der Waals surface area contributed by atoms with E-state index in [2.05, 4.69) is 5.48 Å². The number of carbonyl (C=O) groups excluding carboxylic acids is 2. The van der Waals surface area contributed by atoms with E-state index in [1.165, 1.54) is 12.1 Å². The smallest absolute Gasteiger partial charge is 0.332 e. The van der Waals surface area contributed by atoms with E-state index in [-0.39, 0.29) is 11.7 Å². The first kappa shape index (κ1) is 15.0. The van der Waals surface area contributed by atoms with Gasteiger partial charge in [-0.3, -0.25) is 0 Å². The maximum atomic E-state index is 11.4. The molecule has 5 heteroatoms. The van der Waals surface area contributed by atoms with Crippen LogP contribution in [0.15, 0.2) is 24.3 Å². The van der Waals surface area contributed by atoms with Crippen molar-refractivity contribution in [2.24, 2.45) is 0 Å². The quantitative estimate of drug-likeness (QED) is 0.311. The second kappa shape index (κ2) is 8.97. The first-order chi connectivity index (χ1) is 9.22. The molecule has 5 nitrogen and oxygen atoms in total. The normalized spacial score (nSPS) is 9.89. The van der Waals surface area contributed by atoms with Gasteiger partial charge in [0.25, 0.3) is 0 Å². The third kappa shape index (κ3) is 7.08. The van der Waals surface area contributed by atoms with Crippen LogP contribution in [0.4, 0.5) is 5.69 Å². The maximum Gasteiger partial charge on any atom is 0.332 e. The lowest BCUT2D eigenvalue weighted by Gasteiger charge is -2.06. The molecule has 19 heavy (non-hydrogen) atoms. The SMILES string of the molecule is O=CCCCCCCC(=O)ONc1ccc(O)cc1. The Labute approximate surface area is 112 Å². The largest absolute Gasteiger partial charge is 0.508 e. The number of hydrogen-bond acceptors (Lipinski definition) is 5. The summed E-state index contributed by atoms with van der Waals surface area (Å²) in [6.45, 7) is 0. The first-order valence-corrected chi connectivity index (χ1v) is 6.40. The number of unbranched alkanes of at least 4 members (excludes halogenated alkanes) is 4. The molecular weight excluding hydrogens is 246 g/mol. The number of carbonyl (C=O) groups is 2. The number of benzene rings is 1. The minimum Gasteiger partial charge on any atom is -0.508 e. The number of phenols is 1. The molecule has 0 unspecified atom stereocenters. The zero-order chi connectivity index (χ0) is 13.9. The van der Waals surface area contributed by atoms with Crippen molar-refractivity contribution >= 4 is 17.9 Å². The van der Waals surface area contributed by atoms with Crippen LogP contribution in [-0.4, -0.2) is 17.4 Å². The summed E-state index contributed by atoms with van der Waals surface area (Å²) in [6, 6.07) is 6.23. The molecule has 0 saturated carbocycles. The van der Waals surface area contributed by atoms with Crippen molar-refractivity contribution < 1.29 is 19.5 Å². The molecule has 1 aromatic carbocycles. The molecule has 0 heterocycles. The predicted octanol–water partition coefficient (Wildman–Crippen LogP) is 2.80. The van der Waals surface area contributed by atoms with Crippen molar-refractivity contribution in [1.82, 2.24) is 0 Å². The van der Waals surface area contributed by atoms with Crippen LogP contribution in [0.2, 0.25) is 0 Å². The summed E-state index contributed by atoms with van der Waals surface area (Å²) in [5.74, 6) is -0.157. The molecule has 0 aliphatic carbocycles. The van der Waals surface area contributed by atoms with Crippen LogP contribution >= 0.6 is 0 Å². The molecule has 1 aromatic rings. The lowest BCUT2D eigenvalue weighted by atomic mass is 10.1. The zero-order valence-electron chi connectivity index (χ0n) is 10.8. The minimum absolute atomic E-state index is 0.159. The molecule has 1 rings (SSSR count). The first-order valence-electron chi connectivity index (χ1n) is 6.40. The van der Waals surface area contributed by atoms with E-state index in [9.17, 15) is 9.59 Å². The molecule has 0 aliphatic heterocycles. The van der Waals surface area contributed by atoms with Crippen LogP contribution in [0.25, 0.3) is 0 Å². The number of aromatic hydroxyl groups is 1. The van der Waals surface area contributed by atoms with Crippen molar-refractivity contribution in [1.29, 1.82) is 0 Å². The second-order valence-electron chi connectivity index (χ2n) is 4.24. The molecule has 0 fully saturated rings. The van der Waals surface area contributed by atoms with E-state index < -0.39 is 0 Å². The van der Waals surface area contributed by atoms with Crippen molar-refractivity contribution in [3.05, 3.63) is 24.3 Å². The van der Waals surface area contributed by atoms with Crippen LogP contribution in [0.3, 0.4) is 0 Å². The summed E-state index contributed by atoms with van der Waals surface area (Å²) in [7, 11) is 0. The molecule has 0 saturated heterocycles. The van der Waals surface area contributed by atoms with Gasteiger partial charge in [-0.2, -0.15) is 0 Å². The Bertz CT molecular complexity index is 389. The number of hydrogen-bond donors (Lipinski definition) is 2. The van der Waals surface area contributed by atoms with Gasteiger partial charge in [0.05, 0.1) is 5.69 Å². The lowest BCUT2D eigenvalue weighted by molar-refractivity contribution is -0.140. The molecule has 0 amide bonds. The van der Waals surface area contributed by atoms with Gasteiger partial charge in [-0.05, 0) is 37.1 Å². The summed E-state index contributed by atoms with van der Waals surface area (Å²) in [6.07, 6.45) is 5.37. The number of rotatable bonds is 9. The summed E-state index contributed by atoms with van der Waals surface area (Å²) in [5, 5.41) is 9.08. The Morgan fingerprint density at radius 3 is 2.53 bits per heavy atom.